The van der Waals surface area contributed by atoms with Crippen LogP contribution < -0.4 is 0 Å². The molecule has 0 aliphatic heterocycles. The number of hydrogen-bond donors (Lipinski definition) is 1. The SMILES string of the molecule is O=C(OC12CC3CC(CC(C3)C1)C2)c1c(F)c(F)c(S(=O)(=O)O)c(F)c1F. The summed E-state index contributed by atoms with van der Waals surface area (Å²) in [6.07, 6.45) is 4.61. The molecule has 4 aliphatic rings. The Balaban J connectivity index is 1.71. The minimum absolute atomic E-state index is 0.342. The molecule has 0 amide bonds. The monoisotopic (exact) mass is 408 g/mol. The van der Waals surface area contributed by atoms with Crippen LogP contribution in [0, 0.1) is 41.0 Å². The van der Waals surface area contributed by atoms with Gasteiger partial charge in [0.25, 0.3) is 0 Å². The number of halogens is 4. The van der Waals surface area contributed by atoms with Gasteiger partial charge in [-0.15, -0.1) is 0 Å². The topological polar surface area (TPSA) is 80.7 Å². The van der Waals surface area contributed by atoms with E-state index >= 15 is 0 Å². The molecule has 4 fully saturated rings. The molecule has 1 aromatic rings. The Morgan fingerprint density at radius 3 is 1.67 bits per heavy atom. The van der Waals surface area contributed by atoms with Gasteiger partial charge in [0, 0.05) is 0 Å². The van der Waals surface area contributed by atoms with E-state index in [1.807, 2.05) is 0 Å². The normalized spacial score (nSPS) is 32.0. The lowest BCUT2D eigenvalue weighted by Crippen LogP contribution is -2.52. The van der Waals surface area contributed by atoms with Crippen molar-refractivity contribution in [3.8, 4) is 0 Å². The van der Waals surface area contributed by atoms with Crippen molar-refractivity contribution in [2.45, 2.75) is 49.0 Å². The van der Waals surface area contributed by atoms with Crippen LogP contribution in [0.1, 0.15) is 48.9 Å². The zero-order chi connectivity index (χ0) is 19.7. The summed E-state index contributed by atoms with van der Waals surface area (Å²) < 4.78 is 92.3. The van der Waals surface area contributed by atoms with Crippen molar-refractivity contribution in [1.29, 1.82) is 0 Å². The maximum absolute atomic E-state index is 14.2. The van der Waals surface area contributed by atoms with Crippen LogP contribution in [0.3, 0.4) is 0 Å². The van der Waals surface area contributed by atoms with Gasteiger partial charge in [-0.25, -0.2) is 22.4 Å². The van der Waals surface area contributed by atoms with Crippen LogP contribution in [-0.2, 0) is 14.9 Å². The molecule has 4 aliphatic carbocycles. The Hall–Kier alpha value is -1.68. The Labute approximate surface area is 152 Å². The standard InChI is InChI=1S/C17H16F4O5S/c18-11-10(12(19)14(21)15(13(11)20)27(23,24)25)16(22)26-17-4-7-1-8(5-17)3-9(2-7)6-17/h7-9H,1-6H2,(H,23,24,25). The van der Waals surface area contributed by atoms with Gasteiger partial charge in [0.05, 0.1) is 0 Å². The molecule has 0 radical (unpaired) electrons. The average molecular weight is 408 g/mol. The minimum Gasteiger partial charge on any atom is -0.455 e. The number of benzene rings is 1. The van der Waals surface area contributed by atoms with Crippen LogP contribution in [0.4, 0.5) is 17.6 Å². The van der Waals surface area contributed by atoms with Crippen LogP contribution in [0.2, 0.25) is 0 Å². The Morgan fingerprint density at radius 2 is 1.30 bits per heavy atom. The average Bonchev–Trinajstić information content (AvgIpc) is 2.50. The molecule has 5 rings (SSSR count). The van der Waals surface area contributed by atoms with Crippen LogP contribution in [-0.4, -0.2) is 24.5 Å². The molecule has 4 saturated carbocycles. The molecule has 0 aromatic heterocycles. The third kappa shape index (κ3) is 2.93. The predicted octanol–water partition coefficient (Wildman–Crippen LogP) is 3.62. The number of rotatable bonds is 3. The first-order chi connectivity index (χ1) is 12.5. The second kappa shape index (κ2) is 5.91. The number of carbonyl (C=O) groups excluding carboxylic acids is 1. The van der Waals surface area contributed by atoms with Crippen molar-refractivity contribution in [2.75, 3.05) is 0 Å². The van der Waals surface area contributed by atoms with Crippen molar-refractivity contribution in [2.24, 2.45) is 17.8 Å². The first kappa shape index (κ1) is 18.7. The van der Waals surface area contributed by atoms with Gasteiger partial charge in [-0.1, -0.05) is 0 Å². The maximum Gasteiger partial charge on any atom is 0.344 e. The van der Waals surface area contributed by atoms with Crippen LogP contribution in [0.5, 0.6) is 0 Å². The zero-order valence-corrected chi connectivity index (χ0v) is 14.8. The van der Waals surface area contributed by atoms with Crippen LogP contribution in [0.15, 0.2) is 4.90 Å². The van der Waals surface area contributed by atoms with E-state index in [1.165, 1.54) is 0 Å². The highest BCUT2D eigenvalue weighted by atomic mass is 32.2. The fraction of sp³-hybridized carbons (Fsp3) is 0.588. The molecule has 148 valence electrons. The van der Waals surface area contributed by atoms with E-state index in [4.69, 9.17) is 9.29 Å². The zero-order valence-electron chi connectivity index (χ0n) is 14.0. The Morgan fingerprint density at radius 1 is 0.889 bits per heavy atom. The van der Waals surface area contributed by atoms with Crippen molar-refractivity contribution < 1.29 is 40.1 Å². The highest BCUT2D eigenvalue weighted by molar-refractivity contribution is 7.85. The molecular formula is C17H16F4O5S. The number of carbonyl (C=O) groups is 1. The van der Waals surface area contributed by atoms with E-state index in [1.54, 1.807) is 0 Å². The molecule has 0 heterocycles. The third-order valence-electron chi connectivity index (χ3n) is 5.98. The van der Waals surface area contributed by atoms with Gasteiger partial charge in [0.15, 0.2) is 28.2 Å². The largest absolute Gasteiger partial charge is 0.455 e. The smallest absolute Gasteiger partial charge is 0.344 e. The van der Waals surface area contributed by atoms with E-state index in [2.05, 4.69) is 0 Å². The summed E-state index contributed by atoms with van der Waals surface area (Å²) in [5.41, 5.74) is -2.55. The fourth-order valence-corrected chi connectivity index (χ4v) is 6.05. The number of ether oxygens (including phenoxy) is 1. The van der Waals surface area contributed by atoms with E-state index in [-0.39, 0.29) is 0 Å². The first-order valence-corrected chi connectivity index (χ1v) is 10.0. The van der Waals surface area contributed by atoms with E-state index in [9.17, 15) is 30.8 Å². The van der Waals surface area contributed by atoms with Gasteiger partial charge in [-0.2, -0.15) is 8.42 Å². The highest BCUT2D eigenvalue weighted by Gasteiger charge is 2.53. The predicted molar refractivity (Wildman–Crippen MR) is 82.4 cm³/mol. The lowest BCUT2D eigenvalue weighted by molar-refractivity contribution is -0.131. The van der Waals surface area contributed by atoms with E-state index in [0.29, 0.717) is 37.0 Å². The molecule has 10 heteroatoms. The quantitative estimate of drug-likeness (QED) is 0.358. The van der Waals surface area contributed by atoms with Crippen molar-refractivity contribution in [1.82, 2.24) is 0 Å². The van der Waals surface area contributed by atoms with E-state index in [0.717, 1.165) is 19.3 Å². The van der Waals surface area contributed by atoms with Crippen molar-refractivity contribution in [3.05, 3.63) is 28.8 Å². The molecule has 0 unspecified atom stereocenters. The summed E-state index contributed by atoms with van der Waals surface area (Å²) in [6, 6.07) is 0. The molecule has 5 nitrogen and oxygen atoms in total. The summed E-state index contributed by atoms with van der Waals surface area (Å²) in [7, 11) is -5.58. The Bertz CT molecular complexity index is 879. The van der Waals surface area contributed by atoms with Gasteiger partial charge in [-0.3, -0.25) is 4.55 Å². The van der Waals surface area contributed by atoms with Crippen molar-refractivity contribution in [3.63, 3.8) is 0 Å². The van der Waals surface area contributed by atoms with Gasteiger partial charge in [-0.05, 0) is 56.3 Å². The lowest BCUT2D eigenvalue weighted by atomic mass is 9.54. The second-order valence-electron chi connectivity index (χ2n) is 7.93. The van der Waals surface area contributed by atoms with Gasteiger partial charge < -0.3 is 4.74 Å². The van der Waals surface area contributed by atoms with Gasteiger partial charge >= 0.3 is 16.1 Å². The highest BCUT2D eigenvalue weighted by Crippen LogP contribution is 2.57. The molecule has 0 saturated heterocycles. The molecule has 4 bridgehead atoms. The molecule has 27 heavy (non-hydrogen) atoms. The first-order valence-electron chi connectivity index (χ1n) is 8.57. The number of esters is 1. The van der Waals surface area contributed by atoms with Crippen molar-refractivity contribution >= 4 is 16.1 Å². The summed E-state index contributed by atoms with van der Waals surface area (Å²) in [4.78, 5) is 10.2. The second-order valence-corrected chi connectivity index (χ2v) is 9.28. The number of hydrogen-bond acceptors (Lipinski definition) is 4. The molecule has 0 spiro atoms. The summed E-state index contributed by atoms with van der Waals surface area (Å²) >= 11 is 0. The molecular weight excluding hydrogens is 392 g/mol. The van der Waals surface area contributed by atoms with Crippen LogP contribution >= 0.6 is 0 Å². The molecule has 0 atom stereocenters. The Kier molecular flexibility index (Phi) is 4.08. The fourth-order valence-electron chi connectivity index (χ4n) is 5.42. The summed E-state index contributed by atoms with van der Waals surface area (Å²) in [5.74, 6) is -9.71. The van der Waals surface area contributed by atoms with Gasteiger partial charge in [0.1, 0.15) is 11.2 Å². The minimum atomic E-state index is -5.58. The summed E-state index contributed by atoms with van der Waals surface area (Å²) in [5, 5.41) is 0. The molecule has 1 N–H and O–H groups in total. The van der Waals surface area contributed by atoms with E-state index < -0.39 is 55.4 Å². The van der Waals surface area contributed by atoms with Crippen LogP contribution in [0.25, 0.3) is 0 Å². The van der Waals surface area contributed by atoms with Gasteiger partial charge in [0.2, 0.25) is 0 Å². The molecule has 1 aromatic carbocycles. The lowest BCUT2D eigenvalue weighted by Gasteiger charge is -2.55. The summed E-state index contributed by atoms with van der Waals surface area (Å²) in [6.45, 7) is 0. The third-order valence-corrected chi connectivity index (χ3v) is 6.85. The maximum atomic E-state index is 14.2.